The van der Waals surface area contributed by atoms with Crippen LogP contribution in [0.3, 0.4) is 0 Å². The molecule has 0 aliphatic rings. The number of nitrogen functional groups attached to an aromatic ring is 1. The Morgan fingerprint density at radius 3 is 2.70 bits per heavy atom. The lowest BCUT2D eigenvalue weighted by Gasteiger charge is -2.21. The van der Waals surface area contributed by atoms with E-state index in [9.17, 15) is 9.90 Å². The van der Waals surface area contributed by atoms with Crippen LogP contribution < -0.4 is 11.1 Å². The number of thiophene rings is 1. The van der Waals surface area contributed by atoms with E-state index in [4.69, 9.17) is 17.3 Å². The van der Waals surface area contributed by atoms with Gasteiger partial charge in [0.1, 0.15) is 5.82 Å². The van der Waals surface area contributed by atoms with Crippen LogP contribution >= 0.6 is 22.9 Å². The molecule has 3 aromatic rings. The van der Waals surface area contributed by atoms with Gasteiger partial charge in [-0.1, -0.05) is 43.4 Å². The van der Waals surface area contributed by atoms with Crippen LogP contribution in [0.25, 0.3) is 10.8 Å². The molecule has 3 rings (SSSR count). The zero-order valence-corrected chi connectivity index (χ0v) is 20.9. The summed E-state index contributed by atoms with van der Waals surface area (Å²) in [4.78, 5) is 20.5. The first-order valence-corrected chi connectivity index (χ1v) is 12.1. The van der Waals surface area contributed by atoms with E-state index in [1.165, 1.54) is 11.3 Å². The van der Waals surface area contributed by atoms with E-state index in [0.717, 1.165) is 39.9 Å². The Kier molecular flexibility index (Phi) is 8.33. The predicted molar refractivity (Wildman–Crippen MR) is 137 cm³/mol. The summed E-state index contributed by atoms with van der Waals surface area (Å²) in [6, 6.07) is 5.51. The van der Waals surface area contributed by atoms with E-state index in [0.29, 0.717) is 27.8 Å². The number of hydrogen-bond donors (Lipinski definition) is 3. The maximum absolute atomic E-state index is 12.8. The molecular formula is C25H29ClN4O2S. The number of nitrogens with zero attached hydrogens (tertiary/aromatic N) is 2. The highest BCUT2D eigenvalue weighted by Crippen LogP contribution is 2.28. The fourth-order valence-corrected chi connectivity index (χ4v) is 4.77. The molecular weight excluding hydrogens is 456 g/mol. The number of fused-ring (bicyclic) bond motifs is 1. The summed E-state index contributed by atoms with van der Waals surface area (Å²) in [6.45, 7) is 10.4. The Labute approximate surface area is 203 Å². The number of rotatable bonds is 7. The van der Waals surface area contributed by atoms with E-state index in [2.05, 4.69) is 27.0 Å². The number of hydrogen-bond acceptors (Lipinski definition) is 6. The molecule has 6 nitrogen and oxygen atoms in total. The highest BCUT2D eigenvalue weighted by Gasteiger charge is 2.18. The summed E-state index contributed by atoms with van der Waals surface area (Å²) >= 11 is 7.51. The molecule has 2 aromatic heterocycles. The molecule has 0 bridgehead atoms. The van der Waals surface area contributed by atoms with E-state index in [1.54, 1.807) is 12.3 Å². The molecule has 4 N–H and O–H groups in total. The summed E-state index contributed by atoms with van der Waals surface area (Å²) in [5.74, 6) is 6.45. The van der Waals surface area contributed by atoms with Crippen molar-refractivity contribution in [2.45, 2.75) is 33.8 Å². The number of pyridine rings is 1. The van der Waals surface area contributed by atoms with Crippen LogP contribution in [0.4, 0.5) is 5.82 Å². The fourth-order valence-electron chi connectivity index (χ4n) is 3.52. The van der Waals surface area contributed by atoms with Gasteiger partial charge in [0, 0.05) is 35.1 Å². The number of benzene rings is 1. The van der Waals surface area contributed by atoms with Gasteiger partial charge < -0.3 is 21.1 Å². The third kappa shape index (κ3) is 5.84. The molecule has 0 spiro atoms. The van der Waals surface area contributed by atoms with Gasteiger partial charge in [0.15, 0.2) is 0 Å². The normalized spacial score (nSPS) is 12.0. The average Bonchev–Trinajstić information content (AvgIpc) is 3.09. The highest BCUT2D eigenvalue weighted by atomic mass is 35.5. The number of amides is 1. The maximum Gasteiger partial charge on any atom is 0.261 e. The van der Waals surface area contributed by atoms with Gasteiger partial charge in [-0.05, 0) is 50.2 Å². The van der Waals surface area contributed by atoms with E-state index in [-0.39, 0.29) is 12.5 Å². The molecule has 1 amide bonds. The number of aromatic nitrogens is 1. The van der Waals surface area contributed by atoms with Crippen LogP contribution in [-0.4, -0.2) is 53.2 Å². The standard InChI is InChI=1S/C25H29ClN4O2S/c1-5-30(6-2)14-19(31)13-29-25(32)23-16(4)15(3)22(33-23)10-9-20-21-11-18(26)8-7-17(21)12-28-24(20)27/h7-8,11-12,19,31H,5-6,13-14H2,1-4H3,(H2,27,28)(H,29,32). The van der Waals surface area contributed by atoms with Crippen molar-refractivity contribution in [3.8, 4) is 11.8 Å². The van der Waals surface area contributed by atoms with Crippen LogP contribution in [-0.2, 0) is 0 Å². The van der Waals surface area contributed by atoms with E-state index in [1.807, 2.05) is 39.8 Å². The third-order valence-corrected chi connectivity index (χ3v) is 7.24. The minimum Gasteiger partial charge on any atom is -0.390 e. The van der Waals surface area contributed by atoms with E-state index >= 15 is 0 Å². The largest absolute Gasteiger partial charge is 0.390 e. The minimum atomic E-state index is -0.622. The molecule has 1 atom stereocenters. The molecule has 174 valence electrons. The first-order chi connectivity index (χ1) is 15.7. The Morgan fingerprint density at radius 2 is 2.00 bits per heavy atom. The second-order valence-corrected chi connectivity index (χ2v) is 9.32. The topological polar surface area (TPSA) is 91.5 Å². The molecule has 0 aliphatic heterocycles. The molecule has 2 heterocycles. The number of anilines is 1. The van der Waals surface area contributed by atoms with Gasteiger partial charge in [0.25, 0.3) is 5.91 Å². The quantitative estimate of drug-likeness (QED) is 0.441. The number of halogens is 1. The predicted octanol–water partition coefficient (Wildman–Crippen LogP) is 3.98. The van der Waals surface area contributed by atoms with Gasteiger partial charge in [0.05, 0.1) is 21.4 Å². The van der Waals surface area contributed by atoms with Crippen molar-refractivity contribution in [2.24, 2.45) is 0 Å². The smallest absolute Gasteiger partial charge is 0.261 e. The molecule has 0 saturated heterocycles. The summed E-state index contributed by atoms with van der Waals surface area (Å²) in [5, 5.41) is 15.4. The summed E-state index contributed by atoms with van der Waals surface area (Å²) in [6.07, 6.45) is 1.08. The number of nitrogens with one attached hydrogen (secondary N) is 1. The Hall–Kier alpha value is -2.63. The zero-order valence-electron chi connectivity index (χ0n) is 19.3. The van der Waals surface area contributed by atoms with Crippen LogP contribution in [0.2, 0.25) is 5.02 Å². The monoisotopic (exact) mass is 484 g/mol. The lowest BCUT2D eigenvalue weighted by molar-refractivity contribution is 0.0872. The molecule has 8 heteroatoms. The van der Waals surface area contributed by atoms with Crippen molar-refractivity contribution in [2.75, 3.05) is 31.9 Å². The van der Waals surface area contributed by atoms with Crippen molar-refractivity contribution in [3.05, 3.63) is 55.9 Å². The van der Waals surface area contributed by atoms with Crippen molar-refractivity contribution in [1.82, 2.24) is 15.2 Å². The highest BCUT2D eigenvalue weighted by molar-refractivity contribution is 7.15. The lowest BCUT2D eigenvalue weighted by atomic mass is 10.1. The van der Waals surface area contributed by atoms with Crippen LogP contribution in [0.5, 0.6) is 0 Å². The fraction of sp³-hybridized carbons (Fsp3) is 0.360. The Bertz CT molecular complexity index is 1220. The zero-order chi connectivity index (χ0) is 24.1. The van der Waals surface area contributed by atoms with Crippen LogP contribution in [0, 0.1) is 25.7 Å². The first-order valence-electron chi connectivity index (χ1n) is 10.9. The van der Waals surface area contributed by atoms with Crippen LogP contribution in [0.1, 0.15) is 45.1 Å². The van der Waals surface area contributed by atoms with Gasteiger partial charge in [-0.15, -0.1) is 11.3 Å². The number of likely N-dealkylation sites (N-methyl/N-ethyl adjacent to an activating group) is 1. The SMILES string of the molecule is CCN(CC)CC(O)CNC(=O)c1sc(C#Cc2c(N)ncc3ccc(Cl)cc23)c(C)c1C. The Balaban J connectivity index is 1.82. The van der Waals surface area contributed by atoms with Crippen LogP contribution in [0.15, 0.2) is 24.4 Å². The maximum atomic E-state index is 12.8. The molecule has 1 aromatic carbocycles. The van der Waals surface area contributed by atoms with E-state index < -0.39 is 6.10 Å². The summed E-state index contributed by atoms with van der Waals surface area (Å²) < 4.78 is 0. The van der Waals surface area contributed by atoms with Crippen molar-refractivity contribution in [1.29, 1.82) is 0 Å². The molecule has 33 heavy (non-hydrogen) atoms. The van der Waals surface area contributed by atoms with Gasteiger partial charge in [0.2, 0.25) is 0 Å². The van der Waals surface area contributed by atoms with Crippen molar-refractivity contribution >= 4 is 45.4 Å². The number of aliphatic hydroxyl groups excluding tert-OH is 1. The second-order valence-electron chi connectivity index (χ2n) is 7.86. The Morgan fingerprint density at radius 1 is 1.27 bits per heavy atom. The number of carbonyl (C=O) groups excluding carboxylic acids is 1. The molecule has 1 unspecified atom stereocenters. The average molecular weight is 485 g/mol. The molecule has 0 aliphatic carbocycles. The van der Waals surface area contributed by atoms with Gasteiger partial charge >= 0.3 is 0 Å². The third-order valence-electron chi connectivity index (χ3n) is 5.70. The van der Waals surface area contributed by atoms with Gasteiger partial charge in [-0.2, -0.15) is 0 Å². The molecule has 0 saturated carbocycles. The first kappa shape index (κ1) is 25.0. The lowest BCUT2D eigenvalue weighted by Crippen LogP contribution is -2.40. The number of aliphatic hydroxyl groups is 1. The summed E-state index contributed by atoms with van der Waals surface area (Å²) in [7, 11) is 0. The summed E-state index contributed by atoms with van der Waals surface area (Å²) in [5.41, 5.74) is 8.55. The molecule has 0 fully saturated rings. The van der Waals surface area contributed by atoms with Gasteiger partial charge in [-0.3, -0.25) is 4.79 Å². The molecule has 0 radical (unpaired) electrons. The van der Waals surface area contributed by atoms with Crippen molar-refractivity contribution in [3.63, 3.8) is 0 Å². The second kappa shape index (κ2) is 11.0. The number of nitrogens with two attached hydrogens (primary N) is 1. The van der Waals surface area contributed by atoms with Gasteiger partial charge in [-0.25, -0.2) is 4.98 Å². The minimum absolute atomic E-state index is 0.200. The number of carbonyl (C=O) groups is 1. The van der Waals surface area contributed by atoms with Crippen molar-refractivity contribution < 1.29 is 9.90 Å².